The van der Waals surface area contributed by atoms with Crippen molar-refractivity contribution in [3.8, 4) is 10.4 Å². The average molecular weight is 497 g/mol. The van der Waals surface area contributed by atoms with Crippen molar-refractivity contribution >= 4 is 50.6 Å². The number of rotatable bonds is 6. The molecule has 0 N–H and O–H groups in total. The summed E-state index contributed by atoms with van der Waals surface area (Å²) in [6.45, 7) is 4.19. The fourth-order valence-electron chi connectivity index (χ4n) is 3.92. The van der Waals surface area contributed by atoms with E-state index in [0.717, 1.165) is 43.2 Å². The minimum atomic E-state index is -0.0735. The Morgan fingerprint density at radius 3 is 2.61 bits per heavy atom. The largest absolute Gasteiger partial charge is 0.339 e. The highest BCUT2D eigenvalue weighted by Crippen LogP contribution is 2.32. The van der Waals surface area contributed by atoms with E-state index in [-0.39, 0.29) is 17.2 Å². The van der Waals surface area contributed by atoms with Crippen molar-refractivity contribution in [2.24, 2.45) is 7.05 Å². The summed E-state index contributed by atoms with van der Waals surface area (Å²) in [5, 5.41) is 3.31. The Balaban J connectivity index is 1.23. The van der Waals surface area contributed by atoms with E-state index in [1.807, 2.05) is 41.3 Å². The molecule has 0 saturated carbocycles. The van der Waals surface area contributed by atoms with E-state index in [4.69, 9.17) is 4.98 Å². The van der Waals surface area contributed by atoms with Gasteiger partial charge < -0.3 is 4.90 Å². The number of carbonyl (C=O) groups excluding carboxylic acids is 1. The predicted octanol–water partition coefficient (Wildman–Crippen LogP) is 4.16. The number of thiophene rings is 2. The Labute approximate surface area is 204 Å². The molecule has 0 spiro atoms. The Kier molecular flexibility index (Phi) is 6.64. The summed E-state index contributed by atoms with van der Waals surface area (Å²) < 4.78 is 1.56. The van der Waals surface area contributed by atoms with Crippen LogP contribution in [0.2, 0.25) is 0 Å². The highest BCUT2D eigenvalue weighted by atomic mass is 32.2. The van der Waals surface area contributed by atoms with E-state index in [9.17, 15) is 9.59 Å². The average Bonchev–Trinajstić information content (AvgIpc) is 3.51. The van der Waals surface area contributed by atoms with Crippen molar-refractivity contribution in [3.05, 3.63) is 69.1 Å². The minimum Gasteiger partial charge on any atom is -0.339 e. The van der Waals surface area contributed by atoms with Gasteiger partial charge in [0.1, 0.15) is 4.83 Å². The number of benzene rings is 1. The number of aromatic nitrogens is 2. The van der Waals surface area contributed by atoms with Crippen molar-refractivity contribution in [3.63, 3.8) is 0 Å². The van der Waals surface area contributed by atoms with Crippen LogP contribution < -0.4 is 5.56 Å². The molecule has 170 valence electrons. The van der Waals surface area contributed by atoms with Gasteiger partial charge in [-0.3, -0.25) is 19.1 Å². The summed E-state index contributed by atoms with van der Waals surface area (Å²) in [5.41, 5.74) is 1.00. The number of piperazine rings is 1. The highest BCUT2D eigenvalue weighted by molar-refractivity contribution is 7.99. The first-order valence-corrected chi connectivity index (χ1v) is 13.5. The lowest BCUT2D eigenvalue weighted by Crippen LogP contribution is -2.48. The zero-order valence-electron chi connectivity index (χ0n) is 18.3. The second-order valence-corrected chi connectivity index (χ2v) is 11.0. The van der Waals surface area contributed by atoms with Crippen molar-refractivity contribution < 1.29 is 4.79 Å². The van der Waals surface area contributed by atoms with Gasteiger partial charge in [-0.05, 0) is 23.1 Å². The third-order valence-electron chi connectivity index (χ3n) is 5.80. The van der Waals surface area contributed by atoms with Crippen LogP contribution in [0.4, 0.5) is 0 Å². The van der Waals surface area contributed by atoms with Gasteiger partial charge in [0.05, 0.1) is 11.1 Å². The predicted molar refractivity (Wildman–Crippen MR) is 137 cm³/mol. The smallest absolute Gasteiger partial charge is 0.262 e. The van der Waals surface area contributed by atoms with Gasteiger partial charge >= 0.3 is 0 Å². The van der Waals surface area contributed by atoms with Gasteiger partial charge in [-0.25, -0.2) is 4.98 Å². The molecule has 3 aromatic heterocycles. The van der Waals surface area contributed by atoms with Crippen LogP contribution >= 0.6 is 34.4 Å². The first-order chi connectivity index (χ1) is 16.1. The van der Waals surface area contributed by atoms with E-state index in [2.05, 4.69) is 22.4 Å². The Hall–Kier alpha value is -2.46. The molecule has 5 rings (SSSR count). The van der Waals surface area contributed by atoms with Crippen molar-refractivity contribution in [1.29, 1.82) is 0 Å². The number of fused-ring (bicyclic) bond motifs is 1. The first-order valence-electron chi connectivity index (χ1n) is 10.8. The lowest BCUT2D eigenvalue weighted by Gasteiger charge is -2.34. The van der Waals surface area contributed by atoms with Crippen molar-refractivity contribution in [2.75, 3.05) is 31.9 Å². The number of carbonyl (C=O) groups is 1. The van der Waals surface area contributed by atoms with Gasteiger partial charge in [-0.15, -0.1) is 22.7 Å². The third-order valence-corrected chi connectivity index (χ3v) is 8.75. The summed E-state index contributed by atoms with van der Waals surface area (Å²) in [7, 11) is 1.73. The zero-order chi connectivity index (χ0) is 22.8. The fourth-order valence-corrected chi connectivity index (χ4v) is 6.62. The van der Waals surface area contributed by atoms with Crippen LogP contribution in [0, 0.1) is 0 Å². The van der Waals surface area contributed by atoms with Crippen LogP contribution in [0.5, 0.6) is 0 Å². The minimum absolute atomic E-state index is 0.0735. The molecule has 1 aliphatic heterocycles. The Bertz CT molecular complexity index is 1310. The normalized spacial score (nSPS) is 14.8. The van der Waals surface area contributed by atoms with Gasteiger partial charge in [0.25, 0.3) is 5.56 Å². The molecule has 0 radical (unpaired) electrons. The van der Waals surface area contributed by atoms with Gasteiger partial charge in [-0.2, -0.15) is 0 Å². The van der Waals surface area contributed by atoms with E-state index >= 15 is 0 Å². The molecule has 1 fully saturated rings. The number of thioether (sulfide) groups is 1. The quantitative estimate of drug-likeness (QED) is 0.296. The van der Waals surface area contributed by atoms with Gasteiger partial charge in [0.2, 0.25) is 5.91 Å². The number of hydrogen-bond acceptors (Lipinski definition) is 7. The molecule has 9 heteroatoms. The Morgan fingerprint density at radius 1 is 1.09 bits per heavy atom. The maximum Gasteiger partial charge on any atom is 0.262 e. The summed E-state index contributed by atoms with van der Waals surface area (Å²) in [6.07, 6.45) is 0. The van der Waals surface area contributed by atoms with Crippen LogP contribution in [-0.2, 0) is 18.4 Å². The van der Waals surface area contributed by atoms with Crippen LogP contribution in [-0.4, -0.2) is 57.2 Å². The number of hydrogen-bond donors (Lipinski definition) is 0. The first kappa shape index (κ1) is 22.3. The zero-order valence-corrected chi connectivity index (χ0v) is 20.7. The van der Waals surface area contributed by atoms with E-state index in [1.165, 1.54) is 28.0 Å². The maximum absolute atomic E-state index is 12.9. The highest BCUT2D eigenvalue weighted by Gasteiger charge is 2.22. The van der Waals surface area contributed by atoms with Gasteiger partial charge in [0, 0.05) is 49.5 Å². The molecule has 0 bridgehead atoms. The third kappa shape index (κ3) is 4.91. The van der Waals surface area contributed by atoms with Gasteiger partial charge in [0.15, 0.2) is 5.16 Å². The molecule has 1 amide bonds. The molecule has 1 aromatic carbocycles. The molecule has 0 unspecified atom stereocenters. The molecular formula is C24H24N4O2S3. The Morgan fingerprint density at radius 2 is 1.88 bits per heavy atom. The second-order valence-electron chi connectivity index (χ2n) is 7.98. The molecular weight excluding hydrogens is 472 g/mol. The van der Waals surface area contributed by atoms with Crippen LogP contribution in [0.15, 0.2) is 63.9 Å². The lowest BCUT2D eigenvalue weighted by molar-refractivity contribution is -0.130. The molecule has 1 aliphatic rings. The SMILES string of the molecule is Cn1c(SCC(=O)N2CCN(Cc3cccs3)CC2)nc2sc(-c3ccccc3)cc2c1=O. The molecule has 0 atom stereocenters. The van der Waals surface area contributed by atoms with E-state index < -0.39 is 0 Å². The monoisotopic (exact) mass is 496 g/mol. The topological polar surface area (TPSA) is 58.4 Å². The molecule has 33 heavy (non-hydrogen) atoms. The lowest BCUT2D eigenvalue weighted by atomic mass is 10.2. The van der Waals surface area contributed by atoms with Crippen molar-refractivity contribution in [1.82, 2.24) is 19.4 Å². The van der Waals surface area contributed by atoms with Crippen LogP contribution in [0.3, 0.4) is 0 Å². The van der Waals surface area contributed by atoms with E-state index in [0.29, 0.717) is 15.4 Å². The fraction of sp³-hybridized carbons (Fsp3) is 0.292. The summed E-state index contributed by atoms with van der Waals surface area (Å²) in [6, 6.07) is 16.2. The molecule has 0 aliphatic carbocycles. The molecule has 6 nitrogen and oxygen atoms in total. The summed E-state index contributed by atoms with van der Waals surface area (Å²) in [5.74, 6) is 0.384. The number of nitrogens with zero attached hydrogens (tertiary/aromatic N) is 4. The van der Waals surface area contributed by atoms with E-state index in [1.54, 1.807) is 23.0 Å². The second kappa shape index (κ2) is 9.80. The van der Waals surface area contributed by atoms with Crippen LogP contribution in [0.25, 0.3) is 20.7 Å². The maximum atomic E-state index is 12.9. The summed E-state index contributed by atoms with van der Waals surface area (Å²) in [4.78, 5) is 37.9. The summed E-state index contributed by atoms with van der Waals surface area (Å²) >= 11 is 4.63. The number of amides is 1. The molecule has 4 aromatic rings. The standard InChI is InChI=1S/C24H24N4O2S3/c1-26-23(30)19-14-20(17-6-3-2-4-7-17)33-22(19)25-24(26)32-16-21(29)28-11-9-27(10-12-28)15-18-8-5-13-31-18/h2-8,13-14H,9-12,15-16H2,1H3. The molecule has 4 heterocycles. The van der Waals surface area contributed by atoms with Crippen molar-refractivity contribution in [2.45, 2.75) is 11.7 Å². The van der Waals surface area contributed by atoms with Crippen LogP contribution in [0.1, 0.15) is 4.88 Å². The van der Waals surface area contributed by atoms with Gasteiger partial charge in [-0.1, -0.05) is 48.2 Å². The molecule has 1 saturated heterocycles.